The van der Waals surface area contributed by atoms with Crippen molar-refractivity contribution in [2.24, 2.45) is 11.8 Å². The van der Waals surface area contributed by atoms with Crippen LogP contribution in [0.15, 0.2) is 67.4 Å². The van der Waals surface area contributed by atoms with Crippen LogP contribution < -0.4 is 4.74 Å². The molecule has 1 aromatic heterocycles. The van der Waals surface area contributed by atoms with Crippen LogP contribution in [0.1, 0.15) is 30.1 Å². The summed E-state index contributed by atoms with van der Waals surface area (Å²) in [6.45, 7) is 6.99. The van der Waals surface area contributed by atoms with Crippen molar-refractivity contribution < 1.29 is 19.4 Å². The van der Waals surface area contributed by atoms with E-state index in [9.17, 15) is 10.2 Å². The van der Waals surface area contributed by atoms with Gasteiger partial charge in [-0.2, -0.15) is 0 Å². The van der Waals surface area contributed by atoms with Crippen LogP contribution in [0.4, 0.5) is 0 Å². The quantitative estimate of drug-likeness (QED) is 0.443. The van der Waals surface area contributed by atoms with Crippen molar-refractivity contribution in [2.75, 3.05) is 20.2 Å². The molecule has 3 aliphatic heterocycles. The van der Waals surface area contributed by atoms with Crippen LogP contribution in [0.2, 0.25) is 0 Å². The Labute approximate surface area is 189 Å². The average molecular weight is 432 g/mol. The zero-order chi connectivity index (χ0) is 22.3. The summed E-state index contributed by atoms with van der Waals surface area (Å²) < 4.78 is 6.28. The van der Waals surface area contributed by atoms with Crippen LogP contribution in [-0.2, 0) is 6.54 Å². The second-order valence-electron chi connectivity index (χ2n) is 9.43. The maximum atomic E-state index is 11.8. The van der Waals surface area contributed by atoms with Crippen LogP contribution in [0.5, 0.6) is 11.5 Å². The lowest BCUT2D eigenvalue weighted by Gasteiger charge is -2.58. The normalized spacial score (nSPS) is 27.9. The Balaban J connectivity index is 1.55. The Morgan fingerprint density at radius 3 is 2.78 bits per heavy atom. The number of hydrogen-bond acceptors (Lipinski definition) is 4. The monoisotopic (exact) mass is 431 g/mol. The predicted molar refractivity (Wildman–Crippen MR) is 125 cm³/mol. The average Bonchev–Trinajstić information content (AvgIpc) is 2.84. The SMILES string of the molecule is C=CC1C[N+]2(Cc3ccc(O)cc3)CCC1CC2[C@H](O)c1ccnc2ccc(OC)cc12. The number of hydrogen-bond donors (Lipinski definition) is 2. The summed E-state index contributed by atoms with van der Waals surface area (Å²) >= 11 is 0. The molecule has 5 nitrogen and oxygen atoms in total. The van der Waals surface area contributed by atoms with Gasteiger partial charge in [-0.3, -0.25) is 4.98 Å². The van der Waals surface area contributed by atoms with E-state index in [1.54, 1.807) is 25.4 Å². The van der Waals surface area contributed by atoms with E-state index in [2.05, 4.69) is 17.6 Å². The number of pyridine rings is 1. The van der Waals surface area contributed by atoms with Gasteiger partial charge in [-0.05, 0) is 60.0 Å². The summed E-state index contributed by atoms with van der Waals surface area (Å²) in [6.07, 6.45) is 5.44. The smallest absolute Gasteiger partial charge is 0.131 e. The first kappa shape index (κ1) is 21.0. The second-order valence-corrected chi connectivity index (χ2v) is 9.43. The molecule has 2 aromatic carbocycles. The number of aliphatic hydroxyl groups is 1. The highest BCUT2D eigenvalue weighted by molar-refractivity contribution is 5.83. The minimum absolute atomic E-state index is 0.0931. The molecule has 4 heterocycles. The lowest BCUT2D eigenvalue weighted by atomic mass is 9.71. The van der Waals surface area contributed by atoms with Gasteiger partial charge in [-0.1, -0.05) is 6.08 Å². The number of piperidine rings is 3. The van der Waals surface area contributed by atoms with E-state index in [0.717, 1.165) is 59.2 Å². The minimum atomic E-state index is -0.599. The number of benzene rings is 2. The third-order valence-corrected chi connectivity index (χ3v) is 7.78. The number of aliphatic hydroxyl groups excluding tert-OH is 1. The molecule has 5 atom stereocenters. The number of rotatable bonds is 6. The molecular weight excluding hydrogens is 400 g/mol. The van der Waals surface area contributed by atoms with E-state index in [4.69, 9.17) is 4.74 Å². The van der Waals surface area contributed by atoms with Gasteiger partial charge in [0.15, 0.2) is 0 Å². The third-order valence-electron chi connectivity index (χ3n) is 7.78. The van der Waals surface area contributed by atoms with Gasteiger partial charge < -0.3 is 19.4 Å². The van der Waals surface area contributed by atoms with Gasteiger partial charge >= 0.3 is 0 Å². The van der Waals surface area contributed by atoms with E-state index in [-0.39, 0.29) is 11.8 Å². The van der Waals surface area contributed by atoms with Gasteiger partial charge in [-0.25, -0.2) is 0 Å². The Morgan fingerprint density at radius 2 is 2.03 bits per heavy atom. The van der Waals surface area contributed by atoms with Gasteiger partial charge in [0.25, 0.3) is 0 Å². The number of phenolic OH excluding ortho intramolecular Hbond substituents is 1. The molecule has 32 heavy (non-hydrogen) atoms. The van der Waals surface area contributed by atoms with Gasteiger partial charge in [-0.15, -0.1) is 6.58 Å². The van der Waals surface area contributed by atoms with Crippen molar-refractivity contribution in [3.05, 3.63) is 78.5 Å². The summed E-state index contributed by atoms with van der Waals surface area (Å²) in [7, 11) is 1.66. The highest BCUT2D eigenvalue weighted by Crippen LogP contribution is 2.48. The number of methoxy groups -OCH3 is 1. The van der Waals surface area contributed by atoms with Crippen LogP contribution >= 0.6 is 0 Å². The van der Waals surface area contributed by atoms with Crippen molar-refractivity contribution in [3.63, 3.8) is 0 Å². The summed E-state index contributed by atoms with van der Waals surface area (Å²) in [4.78, 5) is 4.50. The van der Waals surface area contributed by atoms with Crippen LogP contribution in [-0.4, -0.2) is 45.9 Å². The molecule has 3 fully saturated rings. The fraction of sp³-hybridized carbons (Fsp3) is 0.370. The Kier molecular flexibility index (Phi) is 5.39. The predicted octanol–water partition coefficient (Wildman–Crippen LogP) is 4.59. The topological polar surface area (TPSA) is 62.6 Å². The van der Waals surface area contributed by atoms with Crippen molar-refractivity contribution in [2.45, 2.75) is 31.5 Å². The van der Waals surface area contributed by atoms with Crippen molar-refractivity contribution in [3.8, 4) is 11.5 Å². The number of quaternary nitrogens is 1. The van der Waals surface area contributed by atoms with Crippen molar-refractivity contribution in [1.82, 2.24) is 4.98 Å². The van der Waals surface area contributed by atoms with Crippen molar-refractivity contribution >= 4 is 10.9 Å². The lowest BCUT2D eigenvalue weighted by molar-refractivity contribution is -0.984. The zero-order valence-corrected chi connectivity index (χ0v) is 18.5. The number of aromatic nitrogens is 1. The second kappa shape index (κ2) is 8.23. The number of nitrogens with zero attached hydrogens (tertiary/aromatic N) is 2. The van der Waals surface area contributed by atoms with Gasteiger partial charge in [0.1, 0.15) is 30.2 Å². The Bertz CT molecular complexity index is 1130. The van der Waals surface area contributed by atoms with Gasteiger partial charge in [0.2, 0.25) is 0 Å². The Hall–Kier alpha value is -2.89. The maximum Gasteiger partial charge on any atom is 0.131 e. The molecule has 166 valence electrons. The van der Waals surface area contributed by atoms with Crippen molar-refractivity contribution in [1.29, 1.82) is 0 Å². The first-order chi connectivity index (χ1) is 15.5. The molecule has 2 N–H and O–H groups in total. The molecule has 6 rings (SSSR count). The molecule has 0 aliphatic carbocycles. The van der Waals surface area contributed by atoms with Crippen LogP contribution in [0.3, 0.4) is 0 Å². The first-order valence-corrected chi connectivity index (χ1v) is 11.4. The minimum Gasteiger partial charge on any atom is -0.508 e. The van der Waals surface area contributed by atoms with Gasteiger partial charge in [0, 0.05) is 35.9 Å². The summed E-state index contributed by atoms with van der Waals surface area (Å²) in [5.41, 5.74) is 2.97. The maximum absolute atomic E-state index is 11.8. The zero-order valence-electron chi connectivity index (χ0n) is 18.5. The van der Waals surface area contributed by atoms with E-state index in [0.29, 0.717) is 11.8 Å². The fourth-order valence-electron chi connectivity index (χ4n) is 6.08. The lowest BCUT2D eigenvalue weighted by Crippen LogP contribution is -2.67. The molecule has 3 saturated heterocycles. The molecule has 0 spiro atoms. The Morgan fingerprint density at radius 1 is 1.22 bits per heavy atom. The molecule has 0 radical (unpaired) electrons. The standard InChI is InChI=1S/C27H30N2O3/c1-3-19-17-29(16-18-4-6-21(30)7-5-18)13-11-20(19)14-26(29)27(31)23-10-12-28-25-9-8-22(32-2)15-24(23)25/h3-10,12,15,19-20,26-27,31H,1,11,13-14,16-17H2,2H3/p+1/t19?,20?,26?,27-,29?/m1/s1. The van der Waals surface area contributed by atoms with E-state index in [1.165, 1.54) is 5.56 Å². The third kappa shape index (κ3) is 3.55. The molecule has 0 amide bonds. The van der Waals surface area contributed by atoms with E-state index >= 15 is 0 Å². The highest BCUT2D eigenvalue weighted by Gasteiger charge is 2.53. The number of fused-ring (bicyclic) bond motifs is 4. The summed E-state index contributed by atoms with van der Waals surface area (Å²) in [5, 5.41) is 22.5. The number of aromatic hydroxyl groups is 1. The number of ether oxygens (including phenoxy) is 1. The largest absolute Gasteiger partial charge is 0.508 e. The highest BCUT2D eigenvalue weighted by atomic mass is 16.5. The van der Waals surface area contributed by atoms with Crippen LogP contribution in [0.25, 0.3) is 10.9 Å². The molecule has 3 aliphatic rings. The summed E-state index contributed by atoms with van der Waals surface area (Å²) in [5.74, 6) is 2.08. The fourth-order valence-corrected chi connectivity index (χ4v) is 6.08. The first-order valence-electron chi connectivity index (χ1n) is 11.4. The van der Waals surface area contributed by atoms with Crippen LogP contribution in [0, 0.1) is 11.8 Å². The molecule has 3 aromatic rings. The van der Waals surface area contributed by atoms with E-state index in [1.807, 2.05) is 36.4 Å². The molecule has 4 unspecified atom stereocenters. The van der Waals surface area contributed by atoms with Gasteiger partial charge in [0.05, 0.1) is 25.7 Å². The summed E-state index contributed by atoms with van der Waals surface area (Å²) in [6, 6.07) is 15.4. The molecule has 5 heteroatoms. The van der Waals surface area contributed by atoms with E-state index < -0.39 is 6.10 Å². The molecule has 0 saturated carbocycles. The molecule has 2 bridgehead atoms. The number of phenols is 1. The molecular formula is C27H31N2O3+.